The van der Waals surface area contributed by atoms with E-state index in [-0.39, 0.29) is 5.04 Å². The van der Waals surface area contributed by atoms with E-state index in [1.165, 1.54) is 16.6 Å². The van der Waals surface area contributed by atoms with Crippen LogP contribution in [0.3, 0.4) is 0 Å². The van der Waals surface area contributed by atoms with Crippen LogP contribution in [0.5, 0.6) is 0 Å². The molecule has 0 atom stereocenters. The van der Waals surface area contributed by atoms with Crippen LogP contribution in [0.25, 0.3) is 0 Å². The van der Waals surface area contributed by atoms with Crippen molar-refractivity contribution in [3.8, 4) is 0 Å². The topological polar surface area (TPSA) is 120 Å². The number of ether oxygens (including phenoxy) is 12. The molecule has 0 aliphatic carbocycles. The maximum absolute atomic E-state index is 6.85. The van der Waals surface area contributed by atoms with Crippen molar-refractivity contribution >= 4 is 18.7 Å². The van der Waals surface area contributed by atoms with E-state index in [2.05, 4.69) is 88.0 Å². The summed E-state index contributed by atoms with van der Waals surface area (Å²) >= 11 is 0. The molecule has 0 bridgehead atoms. The lowest BCUT2D eigenvalue weighted by atomic mass is 10.2. The van der Waals surface area contributed by atoms with Gasteiger partial charge >= 0.3 is 0 Å². The summed E-state index contributed by atoms with van der Waals surface area (Å²) in [6, 6.07) is 21.3. The van der Waals surface area contributed by atoms with Gasteiger partial charge in [0.25, 0.3) is 8.32 Å². The molecule has 0 fully saturated rings. The lowest BCUT2D eigenvalue weighted by molar-refractivity contribution is -0.0281. The fourth-order valence-electron chi connectivity index (χ4n) is 5.51. The normalized spacial score (nSPS) is 12.0. The second-order valence-corrected chi connectivity index (χ2v) is 17.6. The van der Waals surface area contributed by atoms with Gasteiger partial charge in [0.1, 0.15) is 6.61 Å². The smallest absolute Gasteiger partial charge is 0.261 e. The van der Waals surface area contributed by atoms with Crippen molar-refractivity contribution in [3.63, 3.8) is 0 Å². The predicted molar refractivity (Wildman–Crippen MR) is 219 cm³/mol. The predicted octanol–water partition coefficient (Wildman–Crippen LogP) is 3.91. The largest absolute Gasteiger partial charge is 0.499 e. The summed E-state index contributed by atoms with van der Waals surface area (Å²) in [6.45, 7) is 22.5. The minimum Gasteiger partial charge on any atom is -0.499 e. The van der Waals surface area contributed by atoms with Gasteiger partial charge in [-0.05, 0) is 15.4 Å². The fourth-order valence-corrected chi connectivity index (χ4v) is 10.1. The second-order valence-electron chi connectivity index (χ2n) is 13.3. The molecule has 0 radical (unpaired) electrons. The molecule has 0 aliphatic heterocycles. The first kappa shape index (κ1) is 49.9. The molecule has 0 amide bonds. The van der Waals surface area contributed by atoms with E-state index in [1.54, 1.807) is 0 Å². The standard InChI is InChI=1S/C42H70O13Si/c1-5-43-16-17-44-18-19-45-20-21-46-22-23-47-24-25-48-26-27-49-28-29-50-30-31-51-32-33-52-34-35-53-36-37-54-38-39-55-56(42(2,3)4,40-12-8-6-9-13-40)41-14-10-7-11-15-41/h5-15H,1,16-39H2,2-4H3. The molecular formula is C42H70O13Si. The van der Waals surface area contributed by atoms with Crippen molar-refractivity contribution in [3.05, 3.63) is 73.5 Å². The fraction of sp³-hybridized carbons (Fsp3) is 0.667. The lowest BCUT2D eigenvalue weighted by Gasteiger charge is -2.43. The van der Waals surface area contributed by atoms with Gasteiger partial charge < -0.3 is 61.3 Å². The zero-order chi connectivity index (χ0) is 40.1. The molecule has 13 nitrogen and oxygen atoms in total. The molecule has 0 spiro atoms. The molecule has 2 aromatic carbocycles. The van der Waals surface area contributed by atoms with Gasteiger partial charge in [-0.25, -0.2) is 0 Å². The molecule has 0 aliphatic rings. The van der Waals surface area contributed by atoms with E-state index in [0.717, 1.165) is 0 Å². The molecule has 0 heterocycles. The highest BCUT2D eigenvalue weighted by Gasteiger charge is 2.50. The molecule has 0 N–H and O–H groups in total. The Balaban J connectivity index is 1.28. The van der Waals surface area contributed by atoms with Gasteiger partial charge in [0.2, 0.25) is 0 Å². The minimum absolute atomic E-state index is 0.0584. The summed E-state index contributed by atoms with van der Waals surface area (Å²) in [5.74, 6) is 0. The van der Waals surface area contributed by atoms with Gasteiger partial charge in [0.05, 0.1) is 158 Å². The Kier molecular flexibility index (Phi) is 30.9. The Labute approximate surface area is 337 Å². The van der Waals surface area contributed by atoms with E-state index in [0.29, 0.717) is 159 Å². The van der Waals surface area contributed by atoms with E-state index in [9.17, 15) is 0 Å². The van der Waals surface area contributed by atoms with Crippen LogP contribution in [0.4, 0.5) is 0 Å². The molecule has 0 saturated heterocycles. The Hall–Kier alpha value is -2.28. The van der Waals surface area contributed by atoms with Crippen LogP contribution in [0.2, 0.25) is 5.04 Å². The van der Waals surface area contributed by atoms with Gasteiger partial charge in [-0.1, -0.05) is 88.0 Å². The third-order valence-corrected chi connectivity index (χ3v) is 13.2. The van der Waals surface area contributed by atoms with E-state index >= 15 is 0 Å². The summed E-state index contributed by atoms with van der Waals surface area (Å²) < 4.78 is 72.7. The van der Waals surface area contributed by atoms with E-state index in [1.807, 2.05) is 0 Å². The quantitative estimate of drug-likeness (QED) is 0.0551. The van der Waals surface area contributed by atoms with Gasteiger partial charge in [-0.3, -0.25) is 0 Å². The van der Waals surface area contributed by atoms with Crippen molar-refractivity contribution in [2.24, 2.45) is 0 Å². The first-order valence-corrected chi connectivity index (χ1v) is 21.8. The molecule has 2 rings (SSSR count). The maximum atomic E-state index is 6.85. The summed E-state index contributed by atoms with van der Waals surface area (Å²) in [5.41, 5.74) is 0. The molecule has 0 aromatic heterocycles. The third-order valence-electron chi connectivity index (χ3n) is 8.15. The Morgan fingerprint density at radius 3 is 0.839 bits per heavy atom. The first-order chi connectivity index (χ1) is 27.5. The highest BCUT2D eigenvalue weighted by Crippen LogP contribution is 2.36. The van der Waals surface area contributed by atoms with Crippen molar-refractivity contribution in [1.82, 2.24) is 0 Å². The monoisotopic (exact) mass is 810 g/mol. The Bertz CT molecular complexity index is 1100. The highest BCUT2D eigenvalue weighted by atomic mass is 28.4. The first-order valence-electron chi connectivity index (χ1n) is 19.8. The molecule has 0 saturated carbocycles. The van der Waals surface area contributed by atoms with Crippen LogP contribution in [0, 0.1) is 0 Å². The summed E-state index contributed by atoms with van der Waals surface area (Å²) in [4.78, 5) is 0. The SMILES string of the molecule is C=COCCOCCOCCOCCOCCOCCOCCOCCOCCOCCOCCOCCO[Si](c1ccccc1)(c1ccccc1)C(C)(C)C. The Morgan fingerprint density at radius 1 is 0.375 bits per heavy atom. The zero-order valence-electron chi connectivity index (χ0n) is 34.3. The number of rotatable bonds is 40. The van der Waals surface area contributed by atoms with Crippen molar-refractivity contribution in [2.45, 2.75) is 25.8 Å². The van der Waals surface area contributed by atoms with Gasteiger partial charge in [-0.2, -0.15) is 0 Å². The molecular weight excluding hydrogens is 741 g/mol. The average molecular weight is 811 g/mol. The molecule has 2 aromatic rings. The van der Waals surface area contributed by atoms with Crippen LogP contribution in [0.15, 0.2) is 73.5 Å². The molecule has 14 heteroatoms. The van der Waals surface area contributed by atoms with Gasteiger partial charge in [-0.15, -0.1) is 0 Å². The van der Waals surface area contributed by atoms with E-state index in [4.69, 9.17) is 61.3 Å². The molecule has 0 unspecified atom stereocenters. The Morgan fingerprint density at radius 2 is 0.607 bits per heavy atom. The summed E-state index contributed by atoms with van der Waals surface area (Å²) in [5, 5.41) is 2.47. The second kappa shape index (κ2) is 34.7. The van der Waals surface area contributed by atoms with Crippen molar-refractivity contribution < 1.29 is 61.3 Å². The number of hydrogen-bond acceptors (Lipinski definition) is 13. The maximum Gasteiger partial charge on any atom is 0.261 e. The van der Waals surface area contributed by atoms with Crippen LogP contribution in [-0.2, 0) is 61.3 Å². The van der Waals surface area contributed by atoms with Gasteiger partial charge in [0, 0.05) is 0 Å². The molecule has 320 valence electrons. The highest BCUT2D eigenvalue weighted by molar-refractivity contribution is 6.99. The minimum atomic E-state index is -2.54. The van der Waals surface area contributed by atoms with Crippen LogP contribution < -0.4 is 10.4 Å². The van der Waals surface area contributed by atoms with Crippen molar-refractivity contribution in [1.29, 1.82) is 0 Å². The third kappa shape index (κ3) is 23.8. The summed E-state index contributed by atoms with van der Waals surface area (Å²) in [7, 11) is -2.54. The molecule has 56 heavy (non-hydrogen) atoms. The van der Waals surface area contributed by atoms with Gasteiger partial charge in [0.15, 0.2) is 0 Å². The average Bonchev–Trinajstić information content (AvgIpc) is 3.20. The lowest BCUT2D eigenvalue weighted by Crippen LogP contribution is -2.66. The summed E-state index contributed by atoms with van der Waals surface area (Å²) in [6.07, 6.45) is 1.40. The number of hydrogen-bond donors (Lipinski definition) is 0. The van der Waals surface area contributed by atoms with Crippen LogP contribution >= 0.6 is 0 Å². The van der Waals surface area contributed by atoms with E-state index < -0.39 is 8.32 Å². The van der Waals surface area contributed by atoms with Crippen LogP contribution in [0.1, 0.15) is 20.8 Å². The number of benzene rings is 2. The van der Waals surface area contributed by atoms with Crippen LogP contribution in [-0.4, -0.2) is 167 Å². The van der Waals surface area contributed by atoms with Crippen molar-refractivity contribution in [2.75, 3.05) is 159 Å². The zero-order valence-corrected chi connectivity index (χ0v) is 35.3.